The number of aliphatic imine (C=N–C) groups is 1. The van der Waals surface area contributed by atoms with Crippen LogP contribution in [0.5, 0.6) is 0 Å². The number of allylic oxidation sites excluding steroid dienone is 1. The van der Waals surface area contributed by atoms with E-state index in [4.69, 9.17) is 5.73 Å². The van der Waals surface area contributed by atoms with Crippen LogP contribution < -0.4 is 5.73 Å². The number of halogens is 3. The van der Waals surface area contributed by atoms with E-state index in [1.807, 2.05) is 6.07 Å². The number of fused-ring (bicyclic) bond motifs is 1. The van der Waals surface area contributed by atoms with Crippen molar-refractivity contribution in [1.29, 1.82) is 0 Å². The SMILES string of the molecule is CN=C(C=C(N)c1ccc(S(=O)(=O)n2cc(CCC(=O)O)c3cc(-c4cccnc4)ccc32)s1)C(F)(F)F. The Morgan fingerprint density at radius 1 is 1.21 bits per heavy atom. The summed E-state index contributed by atoms with van der Waals surface area (Å²) in [7, 11) is -3.21. The molecule has 0 aliphatic rings. The minimum Gasteiger partial charge on any atom is -0.481 e. The second-order valence-corrected chi connectivity index (χ2v) is 11.3. The van der Waals surface area contributed by atoms with Gasteiger partial charge in [-0.1, -0.05) is 12.1 Å². The van der Waals surface area contributed by atoms with Crippen LogP contribution in [0.3, 0.4) is 0 Å². The zero-order valence-electron chi connectivity index (χ0n) is 19.8. The third-order valence-corrected chi connectivity index (χ3v) is 8.93. The molecule has 0 saturated heterocycles. The number of pyridine rings is 1. The number of carboxylic acid groups (broad SMARTS) is 1. The van der Waals surface area contributed by atoms with Gasteiger partial charge >= 0.3 is 12.1 Å². The van der Waals surface area contributed by atoms with Gasteiger partial charge in [0.25, 0.3) is 10.0 Å². The summed E-state index contributed by atoms with van der Waals surface area (Å²) >= 11 is 0.715. The summed E-state index contributed by atoms with van der Waals surface area (Å²) in [4.78, 5) is 18.6. The minimum atomic E-state index is -4.71. The molecule has 1 aromatic carbocycles. The van der Waals surface area contributed by atoms with Gasteiger partial charge in [0.2, 0.25) is 0 Å². The highest BCUT2D eigenvalue weighted by atomic mass is 32.2. The third-order valence-electron chi connectivity index (χ3n) is 5.66. The van der Waals surface area contributed by atoms with E-state index in [9.17, 15) is 31.5 Å². The highest BCUT2D eigenvalue weighted by Gasteiger charge is 2.34. The molecule has 13 heteroatoms. The summed E-state index contributed by atoms with van der Waals surface area (Å²) in [5, 5.41) is 9.74. The summed E-state index contributed by atoms with van der Waals surface area (Å²) in [6, 6.07) is 11.3. The Labute approximate surface area is 219 Å². The molecule has 0 aliphatic heterocycles. The van der Waals surface area contributed by atoms with Crippen LogP contribution in [0.4, 0.5) is 13.2 Å². The highest BCUT2D eigenvalue weighted by Crippen LogP contribution is 2.34. The molecular weight excluding hydrogens is 541 g/mol. The fraction of sp³-hybridized carbons (Fsp3) is 0.160. The summed E-state index contributed by atoms with van der Waals surface area (Å²) in [6.07, 6.45) is 0.478. The van der Waals surface area contributed by atoms with Crippen molar-refractivity contribution in [2.45, 2.75) is 23.2 Å². The molecule has 4 rings (SSSR count). The number of hydrogen-bond acceptors (Lipinski definition) is 7. The fourth-order valence-corrected chi connectivity index (χ4v) is 6.54. The predicted octanol–water partition coefficient (Wildman–Crippen LogP) is 4.95. The second-order valence-electron chi connectivity index (χ2n) is 8.15. The number of aromatic nitrogens is 2. The van der Waals surface area contributed by atoms with Crippen molar-refractivity contribution in [3.63, 3.8) is 0 Å². The van der Waals surface area contributed by atoms with Crippen LogP contribution in [0.15, 0.2) is 76.3 Å². The van der Waals surface area contributed by atoms with Crippen molar-refractivity contribution < 1.29 is 31.5 Å². The van der Waals surface area contributed by atoms with Gasteiger partial charge in [-0.25, -0.2) is 3.97 Å². The highest BCUT2D eigenvalue weighted by molar-refractivity contribution is 7.92. The van der Waals surface area contributed by atoms with Gasteiger partial charge in [-0.15, -0.1) is 11.3 Å². The van der Waals surface area contributed by atoms with Gasteiger partial charge in [-0.3, -0.25) is 14.8 Å². The van der Waals surface area contributed by atoms with Crippen LogP contribution in [0.2, 0.25) is 0 Å². The number of rotatable bonds is 8. The van der Waals surface area contributed by atoms with Gasteiger partial charge in [0.1, 0.15) is 9.92 Å². The third kappa shape index (κ3) is 5.48. The molecule has 0 bridgehead atoms. The van der Waals surface area contributed by atoms with Gasteiger partial charge < -0.3 is 10.8 Å². The van der Waals surface area contributed by atoms with Crippen molar-refractivity contribution in [3.05, 3.63) is 77.6 Å². The molecule has 3 heterocycles. The van der Waals surface area contributed by atoms with E-state index in [1.54, 1.807) is 36.7 Å². The van der Waals surface area contributed by atoms with E-state index in [2.05, 4.69) is 9.98 Å². The molecule has 0 unspecified atom stereocenters. The average Bonchev–Trinajstić information content (AvgIpc) is 3.52. The maximum atomic E-state index is 13.6. The number of thiophene rings is 1. The van der Waals surface area contributed by atoms with Crippen molar-refractivity contribution in [2.75, 3.05) is 7.05 Å². The number of aryl methyl sites for hydroxylation is 1. The number of nitrogens with zero attached hydrogens (tertiary/aromatic N) is 3. The molecule has 0 amide bonds. The van der Waals surface area contributed by atoms with Crippen LogP contribution in [0.1, 0.15) is 16.9 Å². The number of benzene rings is 1. The fourth-order valence-electron chi connectivity index (χ4n) is 3.82. The minimum absolute atomic E-state index is 0.0901. The maximum absolute atomic E-state index is 13.6. The van der Waals surface area contributed by atoms with Gasteiger partial charge in [-0.2, -0.15) is 21.6 Å². The lowest BCUT2D eigenvalue weighted by Crippen LogP contribution is -2.21. The van der Waals surface area contributed by atoms with Crippen molar-refractivity contribution >= 4 is 49.6 Å². The van der Waals surface area contributed by atoms with E-state index in [-0.39, 0.29) is 27.6 Å². The lowest BCUT2D eigenvalue weighted by Gasteiger charge is -2.07. The molecule has 0 fully saturated rings. The first-order valence-electron chi connectivity index (χ1n) is 11.0. The van der Waals surface area contributed by atoms with E-state index < -0.39 is 27.9 Å². The van der Waals surface area contributed by atoms with Crippen LogP contribution >= 0.6 is 11.3 Å². The number of hydrogen-bond donors (Lipinski definition) is 2. The Kier molecular flexibility index (Phi) is 7.42. The largest absolute Gasteiger partial charge is 0.481 e. The van der Waals surface area contributed by atoms with Crippen molar-refractivity contribution in [2.24, 2.45) is 10.7 Å². The number of alkyl halides is 3. The molecule has 0 saturated carbocycles. The van der Waals surface area contributed by atoms with Crippen LogP contribution in [0, 0.1) is 0 Å². The Morgan fingerprint density at radius 3 is 2.61 bits per heavy atom. The Bertz CT molecular complexity index is 1670. The van der Waals surface area contributed by atoms with Crippen molar-refractivity contribution in [3.8, 4) is 11.1 Å². The van der Waals surface area contributed by atoms with E-state index in [0.717, 1.165) is 22.1 Å². The molecule has 3 aromatic heterocycles. The molecule has 8 nitrogen and oxygen atoms in total. The lowest BCUT2D eigenvalue weighted by molar-refractivity contribution is -0.136. The van der Waals surface area contributed by atoms with Crippen LogP contribution in [-0.2, 0) is 21.2 Å². The molecule has 0 aliphatic carbocycles. The molecule has 38 heavy (non-hydrogen) atoms. The monoisotopic (exact) mass is 562 g/mol. The van der Waals surface area contributed by atoms with E-state index in [1.165, 1.54) is 18.3 Å². The lowest BCUT2D eigenvalue weighted by atomic mass is 10.0. The van der Waals surface area contributed by atoms with Gasteiger partial charge in [0, 0.05) is 43.0 Å². The number of aliphatic carboxylic acids is 1. The van der Waals surface area contributed by atoms with Crippen LogP contribution in [0.25, 0.3) is 27.7 Å². The molecule has 3 N–H and O–H groups in total. The summed E-state index contributed by atoms with van der Waals surface area (Å²) in [5.74, 6) is -1.03. The number of carboxylic acids is 1. The average molecular weight is 563 g/mol. The zero-order valence-corrected chi connectivity index (χ0v) is 21.4. The first-order chi connectivity index (χ1) is 17.9. The summed E-state index contributed by atoms with van der Waals surface area (Å²) in [5.41, 5.74) is 6.76. The molecule has 0 radical (unpaired) electrons. The smallest absolute Gasteiger partial charge is 0.432 e. The second kappa shape index (κ2) is 10.4. The van der Waals surface area contributed by atoms with Gasteiger partial charge in [0.05, 0.1) is 16.1 Å². The first-order valence-corrected chi connectivity index (χ1v) is 13.3. The Balaban J connectivity index is 1.79. The quantitative estimate of drug-likeness (QED) is 0.293. The standard InChI is InChI=1S/C25H21F3N4O4S2/c1-30-22(25(26,27)28)12-19(29)21-7-9-24(37-21)38(35,36)32-14-17(5-8-23(33)34)18-11-15(4-6-20(18)32)16-3-2-10-31-13-16/h2-4,6-7,9-14H,5,8,29H2,1H3,(H,33,34). The maximum Gasteiger partial charge on any atom is 0.432 e. The van der Waals surface area contributed by atoms with Crippen LogP contribution in [-0.4, -0.2) is 47.4 Å². The molecular formula is C25H21F3N4O4S2. The Morgan fingerprint density at radius 2 is 1.97 bits per heavy atom. The predicted molar refractivity (Wildman–Crippen MR) is 140 cm³/mol. The molecule has 198 valence electrons. The van der Waals surface area contributed by atoms with E-state index in [0.29, 0.717) is 33.9 Å². The number of carbonyl (C=O) groups is 1. The van der Waals surface area contributed by atoms with E-state index >= 15 is 0 Å². The number of nitrogens with two attached hydrogens (primary N) is 1. The molecule has 0 spiro atoms. The first kappa shape index (κ1) is 27.1. The zero-order chi connectivity index (χ0) is 27.7. The van der Waals surface area contributed by atoms with Gasteiger partial charge in [-0.05, 0) is 54.0 Å². The Hall–Kier alpha value is -3.97. The molecule has 0 atom stereocenters. The summed E-state index contributed by atoms with van der Waals surface area (Å²) in [6.45, 7) is 0. The van der Waals surface area contributed by atoms with Crippen molar-refractivity contribution in [1.82, 2.24) is 8.96 Å². The molecule has 4 aromatic rings. The summed E-state index contributed by atoms with van der Waals surface area (Å²) < 4.78 is 67.3. The van der Waals surface area contributed by atoms with Gasteiger partial charge in [0.15, 0.2) is 0 Å². The normalized spacial score (nSPS) is 13.3. The topological polar surface area (TPSA) is 128 Å².